The molecule has 0 saturated carbocycles. The highest BCUT2D eigenvalue weighted by Gasteiger charge is 2.48. The van der Waals surface area contributed by atoms with Crippen LogP contribution in [0.15, 0.2) is 0 Å². The lowest BCUT2D eigenvalue weighted by Crippen LogP contribution is -2.62. The molecule has 1 N–H and O–H groups in total. The van der Waals surface area contributed by atoms with Gasteiger partial charge in [0.15, 0.2) is 0 Å². The molecule has 0 spiro atoms. The van der Waals surface area contributed by atoms with Gasteiger partial charge in [0.1, 0.15) is 5.78 Å². The molecule has 0 amide bonds. The number of aliphatic hydroxyl groups is 1. The molecular formula is C10H15BF4NO2-. The predicted octanol–water partition coefficient (Wildman–Crippen LogP) is 1.47. The number of hydrogen-bond donors (Lipinski definition) is 1. The van der Waals surface area contributed by atoms with Gasteiger partial charge < -0.3 is 22.4 Å². The molecule has 4 heterocycles. The second kappa shape index (κ2) is 4.81. The highest BCUT2D eigenvalue weighted by molar-refractivity contribution is 6.50. The average Bonchev–Trinajstić information content (AvgIpc) is 2.15. The molecule has 4 bridgehead atoms. The summed E-state index contributed by atoms with van der Waals surface area (Å²) in [6.07, 6.45) is 3.68. The molecule has 0 aliphatic carbocycles. The lowest BCUT2D eigenvalue weighted by molar-refractivity contribution is -0.144. The van der Waals surface area contributed by atoms with Gasteiger partial charge >= 0.3 is 7.25 Å². The van der Waals surface area contributed by atoms with Crippen molar-refractivity contribution in [1.82, 2.24) is 4.90 Å². The molecule has 0 aromatic rings. The van der Waals surface area contributed by atoms with E-state index in [2.05, 4.69) is 4.90 Å². The second-order valence-electron chi connectivity index (χ2n) is 5.23. The molecule has 2 atom stereocenters. The molecule has 8 heteroatoms. The lowest BCUT2D eigenvalue weighted by Gasteiger charge is -2.53. The molecule has 0 aromatic carbocycles. The van der Waals surface area contributed by atoms with Crippen molar-refractivity contribution in [3.05, 3.63) is 0 Å². The number of Topliss-reactive ketones (excluding diaryl/α,β-unsaturated/α-hetero) is 1. The quantitative estimate of drug-likeness (QED) is 0.534. The van der Waals surface area contributed by atoms with Gasteiger partial charge in [-0.2, -0.15) is 0 Å². The van der Waals surface area contributed by atoms with E-state index in [1.165, 1.54) is 0 Å². The van der Waals surface area contributed by atoms with Crippen LogP contribution in [-0.4, -0.2) is 47.8 Å². The van der Waals surface area contributed by atoms with Crippen LogP contribution in [0.2, 0.25) is 0 Å². The number of fused-ring (bicyclic) bond motifs is 1. The van der Waals surface area contributed by atoms with Crippen LogP contribution >= 0.6 is 0 Å². The van der Waals surface area contributed by atoms with Crippen LogP contribution < -0.4 is 0 Å². The van der Waals surface area contributed by atoms with Gasteiger partial charge in [-0.1, -0.05) is 0 Å². The Morgan fingerprint density at radius 2 is 1.50 bits per heavy atom. The van der Waals surface area contributed by atoms with E-state index in [0.717, 1.165) is 25.7 Å². The maximum Gasteiger partial charge on any atom is 0.673 e. The van der Waals surface area contributed by atoms with Crippen molar-refractivity contribution in [3.63, 3.8) is 0 Å². The highest BCUT2D eigenvalue weighted by atomic mass is 19.5. The number of piperidine rings is 4. The Balaban J connectivity index is 0.000000209. The Hall–Kier alpha value is -0.625. The molecule has 18 heavy (non-hydrogen) atoms. The summed E-state index contributed by atoms with van der Waals surface area (Å²) in [6, 6.07) is 1.01. The van der Waals surface area contributed by atoms with Crippen LogP contribution in [0.25, 0.3) is 0 Å². The highest BCUT2D eigenvalue weighted by Crippen LogP contribution is 2.41. The van der Waals surface area contributed by atoms with Gasteiger partial charge in [0.05, 0.1) is 12.6 Å². The number of carbonyl (C=O) groups is 1. The molecule has 4 aliphatic rings. The van der Waals surface area contributed by atoms with Crippen LogP contribution in [0.3, 0.4) is 0 Å². The minimum absolute atomic E-state index is 0.111. The van der Waals surface area contributed by atoms with Crippen LogP contribution in [0.1, 0.15) is 25.7 Å². The first-order valence-electron chi connectivity index (χ1n) is 6.08. The lowest BCUT2D eigenvalue weighted by atomic mass is 9.72. The van der Waals surface area contributed by atoms with Crippen LogP contribution in [0.4, 0.5) is 17.3 Å². The maximum absolute atomic E-state index is 11.5. The zero-order valence-corrected chi connectivity index (χ0v) is 9.74. The maximum atomic E-state index is 11.5. The van der Waals surface area contributed by atoms with E-state index < -0.39 is 7.25 Å². The van der Waals surface area contributed by atoms with Crippen LogP contribution in [0, 0.1) is 5.92 Å². The third-order valence-corrected chi connectivity index (χ3v) is 3.93. The van der Waals surface area contributed by atoms with E-state index in [4.69, 9.17) is 0 Å². The third-order valence-electron chi connectivity index (χ3n) is 3.93. The molecule has 0 unspecified atom stereocenters. The third kappa shape index (κ3) is 3.23. The fourth-order valence-electron chi connectivity index (χ4n) is 3.34. The number of hydrogen-bond acceptors (Lipinski definition) is 3. The van der Waals surface area contributed by atoms with Gasteiger partial charge in [-0.25, -0.2) is 0 Å². The van der Waals surface area contributed by atoms with E-state index in [1.807, 2.05) is 0 Å². The van der Waals surface area contributed by atoms with E-state index in [1.54, 1.807) is 0 Å². The summed E-state index contributed by atoms with van der Waals surface area (Å²) in [6.45, 7) is 0.659. The van der Waals surface area contributed by atoms with Gasteiger partial charge in [0, 0.05) is 18.0 Å². The smallest absolute Gasteiger partial charge is 0.418 e. The standard InChI is InChI=1S/C10H15NO2.BF4/c12-9-3-7-1-6-2-8(4-9)11(7)5-10(6)13;2-1(3,4)5/h6-9,12H,1-5H2;/q;-1/t6?,7-,8-,9?;/m0./s1. The summed E-state index contributed by atoms with van der Waals surface area (Å²) in [5.41, 5.74) is 0. The first-order valence-corrected chi connectivity index (χ1v) is 6.08. The zero-order valence-electron chi connectivity index (χ0n) is 9.74. The normalized spacial score (nSPS) is 42.3. The Bertz CT molecular complexity index is 316. The Morgan fingerprint density at radius 1 is 1.06 bits per heavy atom. The Morgan fingerprint density at radius 3 is 1.89 bits per heavy atom. The van der Waals surface area contributed by atoms with E-state index >= 15 is 0 Å². The van der Waals surface area contributed by atoms with Crippen molar-refractivity contribution >= 4 is 13.0 Å². The molecule has 4 saturated heterocycles. The first-order chi connectivity index (χ1) is 8.24. The number of carbonyl (C=O) groups excluding carboxylic acids is 1. The molecule has 3 nitrogen and oxygen atoms in total. The fourth-order valence-corrected chi connectivity index (χ4v) is 3.34. The molecule has 4 rings (SSSR count). The summed E-state index contributed by atoms with van der Waals surface area (Å²) < 4.78 is 39.0. The summed E-state index contributed by atoms with van der Waals surface area (Å²) >= 11 is 0. The van der Waals surface area contributed by atoms with E-state index in [-0.39, 0.29) is 6.10 Å². The molecule has 104 valence electrons. The van der Waals surface area contributed by atoms with E-state index in [0.29, 0.717) is 30.3 Å². The molecule has 0 radical (unpaired) electrons. The first kappa shape index (κ1) is 13.8. The minimum atomic E-state index is -6.00. The van der Waals surface area contributed by atoms with Crippen molar-refractivity contribution in [2.75, 3.05) is 6.54 Å². The monoisotopic (exact) mass is 268 g/mol. The number of rotatable bonds is 0. The fraction of sp³-hybridized carbons (Fsp3) is 0.900. The van der Waals surface area contributed by atoms with Crippen molar-refractivity contribution in [1.29, 1.82) is 0 Å². The van der Waals surface area contributed by atoms with Crippen LogP contribution in [0.5, 0.6) is 0 Å². The summed E-state index contributed by atoms with van der Waals surface area (Å²) in [5, 5.41) is 9.60. The van der Waals surface area contributed by atoms with Crippen molar-refractivity contribution in [2.24, 2.45) is 5.92 Å². The minimum Gasteiger partial charge on any atom is -0.418 e. The number of halogens is 4. The molecule has 4 fully saturated rings. The Kier molecular flexibility index (Phi) is 3.69. The molecule has 0 aromatic heterocycles. The summed E-state index contributed by atoms with van der Waals surface area (Å²) in [4.78, 5) is 13.8. The van der Waals surface area contributed by atoms with Gasteiger partial charge in [-0.15, -0.1) is 0 Å². The van der Waals surface area contributed by atoms with Crippen molar-refractivity contribution in [3.8, 4) is 0 Å². The predicted molar refractivity (Wildman–Crippen MR) is 57.4 cm³/mol. The SMILES string of the molecule is F[B-](F)(F)F.O=C1CN2[C@@H]3CC(O)C[C@@H]2CC1C3. The average molecular weight is 268 g/mol. The zero-order chi connectivity index (χ0) is 13.5. The van der Waals surface area contributed by atoms with Gasteiger partial charge in [-0.05, 0) is 25.7 Å². The second-order valence-corrected chi connectivity index (χ2v) is 5.23. The number of aliphatic hydroxyl groups excluding tert-OH is 1. The van der Waals surface area contributed by atoms with Gasteiger partial charge in [-0.3, -0.25) is 9.69 Å². The summed E-state index contributed by atoms with van der Waals surface area (Å²) in [7, 11) is -6.00. The Labute approximate surface area is 102 Å². The van der Waals surface area contributed by atoms with Crippen molar-refractivity contribution < 1.29 is 27.2 Å². The number of ketones is 1. The number of nitrogens with zero attached hydrogens (tertiary/aromatic N) is 1. The van der Waals surface area contributed by atoms with Gasteiger partial charge in [0.25, 0.3) is 0 Å². The largest absolute Gasteiger partial charge is 0.673 e. The molecular weight excluding hydrogens is 253 g/mol. The topological polar surface area (TPSA) is 40.5 Å². The molecule has 4 aliphatic heterocycles. The summed E-state index contributed by atoms with van der Waals surface area (Å²) in [5.74, 6) is 0.761. The van der Waals surface area contributed by atoms with Crippen molar-refractivity contribution in [2.45, 2.75) is 43.9 Å². The van der Waals surface area contributed by atoms with Crippen LogP contribution in [-0.2, 0) is 4.79 Å². The van der Waals surface area contributed by atoms with Gasteiger partial charge in [0.2, 0.25) is 0 Å². The van der Waals surface area contributed by atoms with E-state index in [9.17, 15) is 27.2 Å².